The Kier molecular flexibility index (Phi) is 3.40. The average molecular weight is 283 g/mol. The van der Waals surface area contributed by atoms with E-state index >= 15 is 0 Å². The molecule has 1 aromatic carbocycles. The first-order valence-corrected chi connectivity index (χ1v) is 7.15. The van der Waals surface area contributed by atoms with E-state index in [2.05, 4.69) is 34.1 Å². The van der Waals surface area contributed by atoms with E-state index in [1.165, 1.54) is 11.1 Å². The second kappa shape index (κ2) is 5.21. The van der Waals surface area contributed by atoms with Gasteiger partial charge < -0.3 is 10.6 Å². The first kappa shape index (κ1) is 13.1. The Morgan fingerprint density at radius 2 is 1.95 bits per heavy atom. The average Bonchev–Trinajstić information content (AvgIpc) is 2.46. The van der Waals surface area contributed by atoms with E-state index < -0.39 is 0 Å². The molecule has 0 saturated heterocycles. The molecule has 0 radical (unpaired) electrons. The van der Waals surface area contributed by atoms with Crippen molar-refractivity contribution in [3.63, 3.8) is 0 Å². The highest BCUT2D eigenvalue weighted by atomic mass is 32.1. The van der Waals surface area contributed by atoms with Gasteiger partial charge in [0.15, 0.2) is 0 Å². The lowest BCUT2D eigenvalue weighted by molar-refractivity contribution is 0.719. The molecule has 1 aliphatic heterocycles. The lowest BCUT2D eigenvalue weighted by Gasteiger charge is -2.31. The minimum absolute atomic E-state index is 0.409. The van der Waals surface area contributed by atoms with Gasteiger partial charge in [0, 0.05) is 18.8 Å². The normalized spacial score (nSPS) is 13.9. The second-order valence-corrected chi connectivity index (χ2v) is 5.57. The molecule has 3 rings (SSSR count). The number of rotatable bonds is 2. The molecule has 0 atom stereocenters. The molecule has 20 heavy (non-hydrogen) atoms. The van der Waals surface area contributed by atoms with Crippen molar-refractivity contribution in [1.29, 1.82) is 0 Å². The summed E-state index contributed by atoms with van der Waals surface area (Å²) in [6.45, 7) is 3.80. The van der Waals surface area contributed by atoms with E-state index in [1.54, 1.807) is 0 Å². The van der Waals surface area contributed by atoms with Crippen LogP contribution < -0.4 is 10.6 Å². The van der Waals surface area contributed by atoms with E-state index in [0.717, 1.165) is 36.6 Å². The fourth-order valence-corrected chi connectivity index (χ4v) is 2.81. The van der Waals surface area contributed by atoms with Crippen LogP contribution in [-0.2, 0) is 13.0 Å². The van der Waals surface area contributed by atoms with E-state index in [-0.39, 0.29) is 0 Å². The third-order valence-corrected chi connectivity index (χ3v) is 3.93. The number of aromatic nitrogens is 1. The Labute approximate surface area is 124 Å². The zero-order chi connectivity index (χ0) is 14.1. The molecular weight excluding hydrogens is 266 g/mol. The van der Waals surface area contributed by atoms with Crippen molar-refractivity contribution in [1.82, 2.24) is 4.98 Å². The number of anilines is 1. The van der Waals surface area contributed by atoms with Crippen molar-refractivity contribution in [3.05, 3.63) is 58.8 Å². The largest absolute Gasteiger partial charge is 0.389 e. The van der Waals surface area contributed by atoms with Gasteiger partial charge in [-0.05, 0) is 36.6 Å². The number of benzene rings is 1. The van der Waals surface area contributed by atoms with Gasteiger partial charge in [-0.25, -0.2) is 4.98 Å². The van der Waals surface area contributed by atoms with E-state index in [1.807, 2.05) is 19.1 Å². The predicted octanol–water partition coefficient (Wildman–Crippen LogP) is 2.59. The molecule has 0 amide bonds. The number of hydrogen-bond donors (Lipinski definition) is 1. The minimum atomic E-state index is 0.409. The lowest BCUT2D eigenvalue weighted by Crippen LogP contribution is -2.33. The fourth-order valence-electron chi connectivity index (χ4n) is 2.65. The fraction of sp³-hybridized carbons (Fsp3) is 0.250. The van der Waals surface area contributed by atoms with Crippen molar-refractivity contribution in [3.8, 4) is 0 Å². The summed E-state index contributed by atoms with van der Waals surface area (Å²) in [5.74, 6) is 0.909. The van der Waals surface area contributed by atoms with Crippen molar-refractivity contribution < 1.29 is 0 Å². The Bertz CT molecular complexity index is 667. The quantitative estimate of drug-likeness (QED) is 0.860. The summed E-state index contributed by atoms with van der Waals surface area (Å²) in [5.41, 5.74) is 10.5. The maximum Gasteiger partial charge on any atom is 0.139 e. The van der Waals surface area contributed by atoms with Crippen molar-refractivity contribution >= 4 is 23.0 Å². The highest BCUT2D eigenvalue weighted by Gasteiger charge is 2.20. The highest BCUT2D eigenvalue weighted by Crippen LogP contribution is 2.26. The molecule has 4 heteroatoms. The molecule has 1 aromatic heterocycles. The Morgan fingerprint density at radius 1 is 1.20 bits per heavy atom. The molecule has 0 fully saturated rings. The monoisotopic (exact) mass is 283 g/mol. The maximum atomic E-state index is 5.83. The smallest absolute Gasteiger partial charge is 0.139 e. The summed E-state index contributed by atoms with van der Waals surface area (Å²) < 4.78 is 0. The van der Waals surface area contributed by atoms with Gasteiger partial charge in [-0.3, -0.25) is 0 Å². The maximum absolute atomic E-state index is 5.83. The van der Waals surface area contributed by atoms with Crippen LogP contribution in [0.25, 0.3) is 0 Å². The van der Waals surface area contributed by atoms with Gasteiger partial charge in [0.1, 0.15) is 10.8 Å². The van der Waals surface area contributed by atoms with E-state index in [0.29, 0.717) is 4.99 Å². The summed E-state index contributed by atoms with van der Waals surface area (Å²) >= 11 is 5.15. The lowest BCUT2D eigenvalue weighted by atomic mass is 9.99. The number of nitrogens with two attached hydrogens (primary N) is 1. The van der Waals surface area contributed by atoms with Crippen molar-refractivity contribution in [2.75, 3.05) is 11.4 Å². The van der Waals surface area contributed by atoms with Gasteiger partial charge in [-0.2, -0.15) is 0 Å². The van der Waals surface area contributed by atoms with Crippen LogP contribution in [0.3, 0.4) is 0 Å². The number of nitrogens with zero attached hydrogens (tertiary/aromatic N) is 2. The first-order valence-electron chi connectivity index (χ1n) is 6.74. The van der Waals surface area contributed by atoms with Gasteiger partial charge in [0.25, 0.3) is 0 Å². The van der Waals surface area contributed by atoms with Crippen LogP contribution in [0.15, 0.2) is 36.4 Å². The van der Waals surface area contributed by atoms with Crippen molar-refractivity contribution in [2.24, 2.45) is 5.73 Å². The standard InChI is InChI=1S/C16H17N3S/c1-11-6-7-14(15(17)20)16(18-11)19-9-8-12-4-2-3-5-13(12)10-19/h2-7H,8-10H2,1H3,(H2,17,20). The molecule has 1 aliphatic rings. The number of aryl methyl sites for hydroxylation is 1. The zero-order valence-electron chi connectivity index (χ0n) is 11.5. The van der Waals surface area contributed by atoms with Crippen LogP contribution in [0, 0.1) is 6.92 Å². The summed E-state index contributed by atoms with van der Waals surface area (Å²) in [4.78, 5) is 7.33. The molecule has 0 spiro atoms. The molecule has 0 unspecified atom stereocenters. The number of thiocarbonyl (C=S) groups is 1. The van der Waals surface area contributed by atoms with Gasteiger partial charge in [-0.15, -0.1) is 0 Å². The van der Waals surface area contributed by atoms with Crippen LogP contribution in [-0.4, -0.2) is 16.5 Å². The zero-order valence-corrected chi connectivity index (χ0v) is 12.3. The SMILES string of the molecule is Cc1ccc(C(N)=S)c(N2CCc3ccccc3C2)n1. The van der Waals surface area contributed by atoms with Crippen LogP contribution >= 0.6 is 12.2 Å². The van der Waals surface area contributed by atoms with E-state index in [4.69, 9.17) is 18.0 Å². The number of pyridine rings is 1. The highest BCUT2D eigenvalue weighted by molar-refractivity contribution is 7.80. The van der Waals surface area contributed by atoms with Crippen molar-refractivity contribution in [2.45, 2.75) is 19.9 Å². The molecule has 102 valence electrons. The van der Waals surface area contributed by atoms with Gasteiger partial charge in [-0.1, -0.05) is 36.5 Å². The Morgan fingerprint density at radius 3 is 2.70 bits per heavy atom. The molecule has 2 N–H and O–H groups in total. The van der Waals surface area contributed by atoms with Gasteiger partial charge in [0.2, 0.25) is 0 Å². The second-order valence-electron chi connectivity index (χ2n) is 5.13. The molecule has 0 saturated carbocycles. The van der Waals surface area contributed by atoms with E-state index in [9.17, 15) is 0 Å². The summed E-state index contributed by atoms with van der Waals surface area (Å²) in [5, 5.41) is 0. The molecular formula is C16H17N3S. The number of fused-ring (bicyclic) bond motifs is 1. The van der Waals surface area contributed by atoms with Crippen LogP contribution in [0.5, 0.6) is 0 Å². The first-order chi connectivity index (χ1) is 9.65. The topological polar surface area (TPSA) is 42.1 Å². The molecule has 0 aliphatic carbocycles. The summed E-state index contributed by atoms with van der Waals surface area (Å²) in [7, 11) is 0. The Balaban J connectivity index is 1.99. The molecule has 2 aromatic rings. The molecule has 3 nitrogen and oxygen atoms in total. The predicted molar refractivity (Wildman–Crippen MR) is 86.1 cm³/mol. The molecule has 2 heterocycles. The summed E-state index contributed by atoms with van der Waals surface area (Å²) in [6, 6.07) is 12.5. The summed E-state index contributed by atoms with van der Waals surface area (Å²) in [6.07, 6.45) is 1.03. The van der Waals surface area contributed by atoms with Gasteiger partial charge in [0.05, 0.1) is 5.56 Å². The Hall–Kier alpha value is -1.94. The van der Waals surface area contributed by atoms with Crippen LogP contribution in [0.2, 0.25) is 0 Å². The number of hydrogen-bond acceptors (Lipinski definition) is 3. The molecule has 0 bridgehead atoms. The van der Waals surface area contributed by atoms with Crippen LogP contribution in [0.4, 0.5) is 5.82 Å². The third-order valence-electron chi connectivity index (χ3n) is 3.71. The third kappa shape index (κ3) is 2.39. The minimum Gasteiger partial charge on any atom is -0.389 e. The van der Waals surface area contributed by atoms with Gasteiger partial charge >= 0.3 is 0 Å². The van der Waals surface area contributed by atoms with Crippen LogP contribution in [0.1, 0.15) is 22.4 Å².